The minimum absolute atomic E-state index is 0.502. The predicted octanol–water partition coefficient (Wildman–Crippen LogP) is 1.86. The van der Waals surface area contributed by atoms with Gasteiger partial charge in [0.2, 0.25) is 0 Å². The number of nitrogens with one attached hydrogen (secondary N) is 1. The first-order valence-corrected chi connectivity index (χ1v) is 6.67. The second-order valence-electron chi connectivity index (χ2n) is 4.38. The van der Waals surface area contributed by atoms with E-state index in [4.69, 9.17) is 4.74 Å². The van der Waals surface area contributed by atoms with Crippen molar-refractivity contribution in [2.24, 2.45) is 5.92 Å². The van der Waals surface area contributed by atoms with Gasteiger partial charge in [-0.1, -0.05) is 6.92 Å². The number of ether oxygens (including phenoxy) is 1. The van der Waals surface area contributed by atoms with Crippen molar-refractivity contribution in [3.8, 4) is 0 Å². The first-order valence-electron chi connectivity index (χ1n) is 5.88. The topological polar surface area (TPSA) is 51.5 Å². The zero-order valence-electron chi connectivity index (χ0n) is 10.6. The molecule has 0 spiro atoms. The van der Waals surface area contributed by atoms with E-state index >= 15 is 0 Å². The van der Waals surface area contributed by atoms with E-state index in [9.17, 15) is 0 Å². The third-order valence-electron chi connectivity index (χ3n) is 2.69. The Balaban J connectivity index is 1.97. The van der Waals surface area contributed by atoms with E-state index in [-0.39, 0.29) is 0 Å². The molecule has 2 rings (SSSR count). The van der Waals surface area contributed by atoms with E-state index in [1.165, 1.54) is 0 Å². The molecule has 1 N–H and O–H groups in total. The third kappa shape index (κ3) is 3.28. The molecule has 2 aromatic heterocycles. The Morgan fingerprint density at radius 2 is 2.28 bits per heavy atom. The van der Waals surface area contributed by atoms with E-state index in [1.54, 1.807) is 13.3 Å². The highest BCUT2D eigenvalue weighted by molar-refractivity contribution is 9.10. The largest absolute Gasteiger partial charge is 0.384 e. The van der Waals surface area contributed by atoms with Crippen LogP contribution in [0.2, 0.25) is 0 Å². The molecule has 2 heterocycles. The molecule has 0 aliphatic carbocycles. The zero-order valence-corrected chi connectivity index (χ0v) is 12.1. The second-order valence-corrected chi connectivity index (χ2v) is 5.19. The minimum Gasteiger partial charge on any atom is -0.384 e. The molecular formula is C12H17BrN4O. The van der Waals surface area contributed by atoms with Crippen LogP contribution in [-0.2, 0) is 11.3 Å². The van der Waals surface area contributed by atoms with Crippen molar-refractivity contribution < 1.29 is 4.74 Å². The average molecular weight is 313 g/mol. The van der Waals surface area contributed by atoms with Gasteiger partial charge in [-0.25, -0.2) is 9.97 Å². The van der Waals surface area contributed by atoms with Gasteiger partial charge in [0.25, 0.3) is 0 Å². The number of hydrogen-bond donors (Lipinski definition) is 1. The van der Waals surface area contributed by atoms with Gasteiger partial charge in [-0.05, 0) is 21.8 Å². The van der Waals surface area contributed by atoms with Crippen LogP contribution in [-0.4, -0.2) is 34.6 Å². The van der Waals surface area contributed by atoms with Crippen molar-refractivity contribution in [2.45, 2.75) is 13.5 Å². The highest BCUT2D eigenvalue weighted by atomic mass is 79.9. The third-order valence-corrected chi connectivity index (χ3v) is 3.10. The predicted molar refractivity (Wildman–Crippen MR) is 73.4 cm³/mol. The lowest BCUT2D eigenvalue weighted by atomic mass is 10.2. The molecule has 2 aromatic rings. The summed E-state index contributed by atoms with van der Waals surface area (Å²) in [7, 11) is 1.73. The van der Waals surface area contributed by atoms with Crippen LogP contribution < -0.4 is 5.32 Å². The van der Waals surface area contributed by atoms with E-state index in [0.29, 0.717) is 5.92 Å². The van der Waals surface area contributed by atoms with Crippen molar-refractivity contribution in [3.63, 3.8) is 0 Å². The van der Waals surface area contributed by atoms with Crippen LogP contribution in [0.15, 0.2) is 23.2 Å². The fourth-order valence-electron chi connectivity index (χ4n) is 1.84. The number of methoxy groups -OCH3 is 1. The molecule has 0 aliphatic heterocycles. The Hall–Kier alpha value is -0.980. The number of nitrogens with zero attached hydrogens (tertiary/aromatic N) is 3. The second kappa shape index (κ2) is 6.26. The molecule has 0 saturated carbocycles. The van der Waals surface area contributed by atoms with Gasteiger partial charge in [0.05, 0.1) is 18.1 Å². The first kappa shape index (κ1) is 13.5. The van der Waals surface area contributed by atoms with Crippen LogP contribution in [0.3, 0.4) is 0 Å². The smallest absolute Gasteiger partial charge is 0.155 e. The summed E-state index contributed by atoms with van der Waals surface area (Å²) in [4.78, 5) is 8.46. The lowest BCUT2D eigenvalue weighted by Crippen LogP contribution is -2.23. The number of hydrogen-bond acceptors (Lipinski definition) is 4. The summed E-state index contributed by atoms with van der Waals surface area (Å²) in [5, 5.41) is 3.41. The Morgan fingerprint density at radius 3 is 3.06 bits per heavy atom. The van der Waals surface area contributed by atoms with Crippen molar-refractivity contribution in [1.29, 1.82) is 0 Å². The molecule has 0 aliphatic rings. The molecule has 0 bridgehead atoms. The maximum Gasteiger partial charge on any atom is 0.155 e. The van der Waals surface area contributed by atoms with Gasteiger partial charge in [-0.15, -0.1) is 0 Å². The maximum absolute atomic E-state index is 5.11. The summed E-state index contributed by atoms with van der Waals surface area (Å²) >= 11 is 3.37. The molecule has 5 nitrogen and oxygen atoms in total. The van der Waals surface area contributed by atoms with Crippen LogP contribution in [0.1, 0.15) is 12.6 Å². The SMILES string of the molecule is COCC(C)CNCc1cnc2cnc(Br)cn12. The molecule has 0 amide bonds. The Kier molecular flexibility index (Phi) is 4.68. The number of halogens is 1. The highest BCUT2D eigenvalue weighted by Gasteiger charge is 2.05. The maximum atomic E-state index is 5.11. The number of rotatable bonds is 6. The van der Waals surface area contributed by atoms with E-state index in [2.05, 4.69) is 38.1 Å². The van der Waals surface area contributed by atoms with E-state index < -0.39 is 0 Å². The standard InChI is InChI=1S/C12H17BrN4O/c1-9(8-18-2)3-14-4-10-5-16-12-6-15-11(13)7-17(10)12/h5-7,9,14H,3-4,8H2,1-2H3. The van der Waals surface area contributed by atoms with Gasteiger partial charge < -0.3 is 10.1 Å². The zero-order chi connectivity index (χ0) is 13.0. The molecular weight excluding hydrogens is 296 g/mol. The molecule has 0 saturated heterocycles. The van der Waals surface area contributed by atoms with Crippen LogP contribution in [0.5, 0.6) is 0 Å². The summed E-state index contributed by atoms with van der Waals surface area (Å²) in [6.07, 6.45) is 5.55. The highest BCUT2D eigenvalue weighted by Crippen LogP contribution is 2.10. The minimum atomic E-state index is 0.502. The fourth-order valence-corrected chi connectivity index (χ4v) is 2.14. The molecule has 0 fully saturated rings. The van der Waals surface area contributed by atoms with Crippen LogP contribution in [0.25, 0.3) is 5.65 Å². The van der Waals surface area contributed by atoms with Crippen molar-refractivity contribution in [3.05, 3.63) is 28.9 Å². The fraction of sp³-hybridized carbons (Fsp3) is 0.500. The molecule has 98 valence electrons. The normalized spacial score (nSPS) is 13.1. The quantitative estimate of drug-likeness (QED) is 0.884. The van der Waals surface area contributed by atoms with Crippen molar-refractivity contribution >= 4 is 21.6 Å². The van der Waals surface area contributed by atoms with Crippen molar-refractivity contribution in [2.75, 3.05) is 20.3 Å². The molecule has 0 radical (unpaired) electrons. The summed E-state index contributed by atoms with van der Waals surface area (Å²) < 4.78 is 7.95. The van der Waals surface area contributed by atoms with Gasteiger partial charge >= 0.3 is 0 Å². The summed E-state index contributed by atoms with van der Waals surface area (Å²) in [6, 6.07) is 0. The van der Waals surface area contributed by atoms with Crippen LogP contribution in [0, 0.1) is 5.92 Å². The number of fused-ring (bicyclic) bond motifs is 1. The lowest BCUT2D eigenvalue weighted by Gasteiger charge is -2.11. The Morgan fingerprint density at radius 1 is 1.44 bits per heavy atom. The monoisotopic (exact) mass is 312 g/mol. The number of imidazole rings is 1. The van der Waals surface area contributed by atoms with Gasteiger partial charge in [0.1, 0.15) is 4.60 Å². The molecule has 18 heavy (non-hydrogen) atoms. The van der Waals surface area contributed by atoms with Gasteiger partial charge in [0.15, 0.2) is 5.65 Å². The molecule has 1 atom stereocenters. The van der Waals surface area contributed by atoms with Crippen LogP contribution >= 0.6 is 15.9 Å². The first-order chi connectivity index (χ1) is 8.70. The molecule has 1 unspecified atom stereocenters. The van der Waals surface area contributed by atoms with Gasteiger partial charge in [-0.3, -0.25) is 4.40 Å². The van der Waals surface area contributed by atoms with E-state index in [1.807, 2.05) is 16.8 Å². The Labute approximate surface area is 115 Å². The average Bonchev–Trinajstić information content (AvgIpc) is 2.72. The van der Waals surface area contributed by atoms with E-state index in [0.717, 1.165) is 35.6 Å². The van der Waals surface area contributed by atoms with Gasteiger partial charge in [0, 0.05) is 33.0 Å². The lowest BCUT2D eigenvalue weighted by molar-refractivity contribution is 0.158. The van der Waals surface area contributed by atoms with Crippen LogP contribution in [0.4, 0.5) is 0 Å². The summed E-state index contributed by atoms with van der Waals surface area (Å²) in [5.74, 6) is 0.502. The molecule has 6 heteroatoms. The Bertz CT molecular complexity index is 514. The van der Waals surface area contributed by atoms with Crippen molar-refractivity contribution in [1.82, 2.24) is 19.7 Å². The molecule has 0 aromatic carbocycles. The van der Waals surface area contributed by atoms with Gasteiger partial charge in [-0.2, -0.15) is 0 Å². The number of aromatic nitrogens is 3. The summed E-state index contributed by atoms with van der Waals surface area (Å²) in [5.41, 5.74) is 1.98. The summed E-state index contributed by atoms with van der Waals surface area (Å²) in [6.45, 7) is 4.64.